The van der Waals surface area contributed by atoms with Gasteiger partial charge in [0.15, 0.2) is 0 Å². The number of hydrogen-bond donors (Lipinski definition) is 4. The number of benzene rings is 1. The minimum Gasteiger partial charge on any atom is -0.507 e. The molecule has 4 N–H and O–H groups in total. The van der Waals surface area contributed by atoms with Crippen LogP contribution in [0.2, 0.25) is 0 Å². The maximum atomic E-state index is 13.6. The van der Waals surface area contributed by atoms with Gasteiger partial charge in [-0.2, -0.15) is 0 Å². The molecule has 2 heterocycles. The predicted octanol–water partition coefficient (Wildman–Crippen LogP) is 1.89. The molecule has 172 valence electrons. The topological polar surface area (TPSA) is 144 Å². The number of nitrogens with one attached hydrogen (secondary N) is 1. The molecule has 2 aliphatic heterocycles. The Kier molecular flexibility index (Phi) is 5.48. The average Bonchev–Trinajstić information content (AvgIpc) is 3.20. The summed E-state index contributed by atoms with van der Waals surface area (Å²) in [5.41, 5.74) is -0.458. The summed E-state index contributed by atoms with van der Waals surface area (Å²) in [4.78, 5) is 52.5. The van der Waals surface area contributed by atoms with Crippen LogP contribution in [0.3, 0.4) is 0 Å². The summed E-state index contributed by atoms with van der Waals surface area (Å²) in [7, 11) is 0. The Morgan fingerprint density at radius 3 is 2.19 bits per heavy atom. The molecule has 3 fully saturated rings. The molecule has 1 aliphatic carbocycles. The summed E-state index contributed by atoms with van der Waals surface area (Å²) < 4.78 is 0. The molecule has 2 amide bonds. The van der Waals surface area contributed by atoms with Crippen LogP contribution in [0.1, 0.15) is 61.3 Å². The third-order valence-corrected chi connectivity index (χ3v) is 7.31. The van der Waals surface area contributed by atoms with E-state index < -0.39 is 53.6 Å². The van der Waals surface area contributed by atoms with Crippen LogP contribution in [-0.2, 0) is 19.2 Å². The van der Waals surface area contributed by atoms with E-state index in [1.165, 1.54) is 4.90 Å². The minimum atomic E-state index is -2.10. The van der Waals surface area contributed by atoms with Crippen LogP contribution in [-0.4, -0.2) is 55.6 Å². The highest BCUT2D eigenvalue weighted by Gasteiger charge is 2.69. The van der Waals surface area contributed by atoms with E-state index in [0.29, 0.717) is 29.5 Å². The Labute approximate surface area is 185 Å². The van der Waals surface area contributed by atoms with Crippen molar-refractivity contribution in [3.05, 3.63) is 28.8 Å². The number of likely N-dealkylation sites (tertiary alicyclic amines) is 1. The lowest BCUT2D eigenvalue weighted by molar-refractivity contribution is -0.156. The van der Waals surface area contributed by atoms with Crippen molar-refractivity contribution in [2.24, 2.45) is 11.8 Å². The minimum absolute atomic E-state index is 0.0935. The number of imide groups is 1. The molecule has 0 aromatic heterocycles. The highest BCUT2D eigenvalue weighted by Crippen LogP contribution is 2.51. The third-order valence-electron chi connectivity index (χ3n) is 7.31. The summed E-state index contributed by atoms with van der Waals surface area (Å²) in [5, 5.41) is 32.7. The lowest BCUT2D eigenvalue weighted by Crippen LogP contribution is -2.57. The number of aryl methyl sites for hydroxylation is 2. The zero-order valence-corrected chi connectivity index (χ0v) is 18.1. The van der Waals surface area contributed by atoms with Crippen LogP contribution < -0.4 is 5.32 Å². The molecule has 9 nitrogen and oxygen atoms in total. The molecule has 9 heteroatoms. The van der Waals surface area contributed by atoms with Gasteiger partial charge in [-0.1, -0.05) is 31.4 Å². The zero-order valence-electron chi connectivity index (χ0n) is 18.1. The normalized spacial score (nSPS) is 30.6. The smallest absolute Gasteiger partial charge is 0.325 e. The van der Waals surface area contributed by atoms with E-state index >= 15 is 0 Å². The van der Waals surface area contributed by atoms with Crippen LogP contribution in [0.5, 0.6) is 5.75 Å². The number of aromatic hydroxyl groups is 1. The molecule has 32 heavy (non-hydrogen) atoms. The number of hydrogen-bond acceptors (Lipinski definition) is 6. The third kappa shape index (κ3) is 3.26. The Morgan fingerprint density at radius 1 is 1.06 bits per heavy atom. The van der Waals surface area contributed by atoms with Crippen LogP contribution in [0.15, 0.2) is 12.1 Å². The van der Waals surface area contributed by atoms with Crippen LogP contribution >= 0.6 is 0 Å². The quantitative estimate of drug-likeness (QED) is 0.504. The number of amides is 2. The van der Waals surface area contributed by atoms with Crippen molar-refractivity contribution in [2.45, 2.75) is 70.0 Å². The number of carbonyl (C=O) groups is 4. The van der Waals surface area contributed by atoms with Gasteiger partial charge in [0.2, 0.25) is 11.8 Å². The van der Waals surface area contributed by atoms with Gasteiger partial charge in [-0.25, -0.2) is 0 Å². The van der Waals surface area contributed by atoms with E-state index in [1.54, 1.807) is 26.0 Å². The zero-order chi connectivity index (χ0) is 23.4. The van der Waals surface area contributed by atoms with Gasteiger partial charge in [0.1, 0.15) is 11.3 Å². The molecule has 1 saturated carbocycles. The lowest BCUT2D eigenvalue weighted by atomic mass is 9.77. The van der Waals surface area contributed by atoms with Crippen molar-refractivity contribution < 1.29 is 34.5 Å². The average molecular weight is 444 g/mol. The van der Waals surface area contributed by atoms with E-state index in [0.717, 1.165) is 19.3 Å². The standard InChI is InChI=1S/C23H28N2O7/c1-11-8-13(9-12(2)19(11)28)18-16-17(23(24-18,22(31)32)10-15(26)27)21(30)25(20(16)29)14-6-4-3-5-7-14/h8-9,14,16-18,24,28H,3-7,10H2,1-2H3,(H,26,27)(H,31,32). The largest absolute Gasteiger partial charge is 0.507 e. The van der Waals surface area contributed by atoms with E-state index in [1.807, 2.05) is 0 Å². The van der Waals surface area contributed by atoms with Crippen molar-refractivity contribution in [1.82, 2.24) is 10.2 Å². The molecule has 0 spiro atoms. The van der Waals surface area contributed by atoms with Gasteiger partial charge >= 0.3 is 11.9 Å². The molecule has 0 bridgehead atoms. The summed E-state index contributed by atoms with van der Waals surface area (Å²) in [6.07, 6.45) is 3.31. The number of carboxylic acid groups (broad SMARTS) is 2. The van der Waals surface area contributed by atoms with Gasteiger partial charge in [-0.05, 0) is 43.4 Å². The maximum Gasteiger partial charge on any atom is 0.325 e. The van der Waals surface area contributed by atoms with E-state index in [2.05, 4.69) is 5.32 Å². The van der Waals surface area contributed by atoms with E-state index in [4.69, 9.17) is 0 Å². The summed E-state index contributed by atoms with van der Waals surface area (Å²) in [6, 6.07) is 2.15. The van der Waals surface area contributed by atoms with Gasteiger partial charge < -0.3 is 15.3 Å². The van der Waals surface area contributed by atoms with Crippen LogP contribution in [0.4, 0.5) is 0 Å². The Bertz CT molecular complexity index is 977. The van der Waals surface area contributed by atoms with Crippen molar-refractivity contribution in [2.75, 3.05) is 0 Å². The number of nitrogens with zero attached hydrogens (tertiary/aromatic N) is 1. The molecule has 4 unspecified atom stereocenters. The maximum absolute atomic E-state index is 13.6. The Hall–Kier alpha value is -2.94. The fraction of sp³-hybridized carbons (Fsp3) is 0.565. The summed E-state index contributed by atoms with van der Waals surface area (Å²) in [6.45, 7) is 3.38. The second-order valence-corrected chi connectivity index (χ2v) is 9.31. The predicted molar refractivity (Wildman–Crippen MR) is 112 cm³/mol. The number of carboxylic acids is 2. The van der Waals surface area contributed by atoms with Gasteiger partial charge in [0, 0.05) is 12.1 Å². The first kappa shape index (κ1) is 22.3. The van der Waals surface area contributed by atoms with Gasteiger partial charge in [0.25, 0.3) is 0 Å². The van der Waals surface area contributed by atoms with Gasteiger partial charge in [0.05, 0.1) is 18.3 Å². The fourth-order valence-corrected chi connectivity index (χ4v) is 5.85. The van der Waals surface area contributed by atoms with Crippen LogP contribution in [0.25, 0.3) is 0 Å². The van der Waals surface area contributed by atoms with Crippen LogP contribution in [0, 0.1) is 25.7 Å². The molecule has 1 aromatic rings. The molecular weight excluding hydrogens is 416 g/mol. The first-order chi connectivity index (χ1) is 15.1. The van der Waals surface area contributed by atoms with Gasteiger partial charge in [-0.3, -0.25) is 29.4 Å². The first-order valence-electron chi connectivity index (χ1n) is 11.0. The number of phenolic OH excluding ortho intramolecular Hbond substituents is 1. The second kappa shape index (κ2) is 7.88. The molecule has 3 aliphatic rings. The van der Waals surface area contributed by atoms with Crippen molar-refractivity contribution in [3.8, 4) is 5.75 Å². The summed E-state index contributed by atoms with van der Waals surface area (Å²) >= 11 is 0. The molecule has 4 atom stereocenters. The Morgan fingerprint density at radius 2 is 1.66 bits per heavy atom. The molecular formula is C23H28N2O7. The second-order valence-electron chi connectivity index (χ2n) is 9.31. The van der Waals surface area contributed by atoms with Gasteiger partial charge in [-0.15, -0.1) is 0 Å². The fourth-order valence-electron chi connectivity index (χ4n) is 5.85. The van der Waals surface area contributed by atoms with Crippen molar-refractivity contribution >= 4 is 23.8 Å². The van der Waals surface area contributed by atoms with E-state index in [-0.39, 0.29) is 11.8 Å². The molecule has 2 saturated heterocycles. The first-order valence-corrected chi connectivity index (χ1v) is 11.0. The van der Waals surface area contributed by atoms with Crippen molar-refractivity contribution in [1.29, 1.82) is 0 Å². The lowest BCUT2D eigenvalue weighted by Gasteiger charge is -2.34. The SMILES string of the molecule is Cc1cc(C2NC(CC(=O)O)(C(=O)O)C3C(=O)N(C4CCCCC4)C(=O)C23)cc(C)c1O. The summed E-state index contributed by atoms with van der Waals surface area (Å²) in [5.74, 6) is -6.12. The molecule has 0 radical (unpaired) electrons. The number of phenols is 1. The number of carbonyl (C=O) groups excluding carboxylic acids is 2. The number of aliphatic carboxylic acids is 2. The highest BCUT2D eigenvalue weighted by atomic mass is 16.4. The number of fused-ring (bicyclic) bond motifs is 1. The highest BCUT2D eigenvalue weighted by molar-refractivity contribution is 6.10. The molecule has 1 aromatic carbocycles. The molecule has 4 rings (SSSR count). The monoisotopic (exact) mass is 444 g/mol. The Balaban J connectivity index is 1.84. The van der Waals surface area contributed by atoms with Crippen molar-refractivity contribution in [3.63, 3.8) is 0 Å². The number of rotatable bonds is 5. The van der Waals surface area contributed by atoms with E-state index in [9.17, 15) is 34.5 Å².